The molecule has 0 spiro atoms. The van der Waals surface area contributed by atoms with Gasteiger partial charge in [0.25, 0.3) is 0 Å². The summed E-state index contributed by atoms with van der Waals surface area (Å²) in [7, 11) is 1.86. The quantitative estimate of drug-likeness (QED) is 0.694. The summed E-state index contributed by atoms with van der Waals surface area (Å²) in [4.78, 5) is 13.3. The molecule has 1 saturated carbocycles. The molecule has 1 aliphatic carbocycles. The molecule has 0 aromatic carbocycles. The summed E-state index contributed by atoms with van der Waals surface area (Å²) in [5.74, 6) is 0.886. The van der Waals surface area contributed by atoms with E-state index in [1.807, 2.05) is 11.9 Å². The van der Waals surface area contributed by atoms with Gasteiger partial charge >= 0.3 is 0 Å². The van der Waals surface area contributed by atoms with Crippen LogP contribution in [0.15, 0.2) is 0 Å². The SMILES string of the molecule is CC(C1CC1)N(C)C(=O)CCCO. The second-order valence-corrected chi connectivity index (χ2v) is 3.91. The highest BCUT2D eigenvalue weighted by Crippen LogP contribution is 2.34. The van der Waals surface area contributed by atoms with E-state index in [-0.39, 0.29) is 12.5 Å². The van der Waals surface area contributed by atoms with Crippen LogP contribution in [0.5, 0.6) is 0 Å². The molecule has 1 fully saturated rings. The Morgan fingerprint density at radius 3 is 2.69 bits per heavy atom. The third-order valence-corrected chi connectivity index (χ3v) is 2.86. The van der Waals surface area contributed by atoms with E-state index >= 15 is 0 Å². The number of carbonyl (C=O) groups is 1. The highest BCUT2D eigenvalue weighted by molar-refractivity contribution is 5.76. The molecule has 0 aromatic rings. The zero-order valence-corrected chi connectivity index (χ0v) is 8.49. The van der Waals surface area contributed by atoms with Crippen LogP contribution in [0.1, 0.15) is 32.6 Å². The Labute approximate surface area is 79.7 Å². The summed E-state index contributed by atoms with van der Waals surface area (Å²) < 4.78 is 0. The molecular weight excluding hydrogens is 166 g/mol. The molecule has 1 unspecified atom stereocenters. The fourth-order valence-electron chi connectivity index (χ4n) is 1.53. The first kappa shape index (κ1) is 10.5. The minimum Gasteiger partial charge on any atom is -0.396 e. The zero-order valence-electron chi connectivity index (χ0n) is 8.49. The van der Waals surface area contributed by atoms with Crippen molar-refractivity contribution in [3.05, 3.63) is 0 Å². The van der Waals surface area contributed by atoms with Crippen molar-refractivity contribution in [2.75, 3.05) is 13.7 Å². The van der Waals surface area contributed by atoms with Gasteiger partial charge < -0.3 is 10.0 Å². The Morgan fingerprint density at radius 1 is 1.62 bits per heavy atom. The van der Waals surface area contributed by atoms with Crippen LogP contribution in [0.4, 0.5) is 0 Å². The Hall–Kier alpha value is -0.570. The van der Waals surface area contributed by atoms with Crippen molar-refractivity contribution in [1.29, 1.82) is 0 Å². The van der Waals surface area contributed by atoms with Crippen LogP contribution in [0.3, 0.4) is 0 Å². The van der Waals surface area contributed by atoms with Crippen LogP contribution in [0.2, 0.25) is 0 Å². The summed E-state index contributed by atoms with van der Waals surface area (Å²) in [6.07, 6.45) is 3.59. The smallest absolute Gasteiger partial charge is 0.222 e. The van der Waals surface area contributed by atoms with Crippen molar-refractivity contribution in [3.63, 3.8) is 0 Å². The molecule has 1 N–H and O–H groups in total. The van der Waals surface area contributed by atoms with E-state index in [4.69, 9.17) is 5.11 Å². The van der Waals surface area contributed by atoms with Gasteiger partial charge in [-0.15, -0.1) is 0 Å². The van der Waals surface area contributed by atoms with Gasteiger partial charge in [0.2, 0.25) is 5.91 Å². The first-order valence-electron chi connectivity index (χ1n) is 5.03. The fraction of sp³-hybridized carbons (Fsp3) is 0.900. The Morgan fingerprint density at radius 2 is 2.23 bits per heavy atom. The average molecular weight is 185 g/mol. The highest BCUT2D eigenvalue weighted by Gasteiger charge is 2.31. The van der Waals surface area contributed by atoms with E-state index in [1.165, 1.54) is 12.8 Å². The van der Waals surface area contributed by atoms with Crippen molar-refractivity contribution >= 4 is 5.91 Å². The Balaban J connectivity index is 2.27. The van der Waals surface area contributed by atoms with Gasteiger partial charge in [-0.2, -0.15) is 0 Å². The molecule has 1 rings (SSSR count). The second-order valence-electron chi connectivity index (χ2n) is 3.91. The van der Waals surface area contributed by atoms with E-state index in [0.29, 0.717) is 18.9 Å². The van der Waals surface area contributed by atoms with Gasteiger partial charge in [-0.25, -0.2) is 0 Å². The van der Waals surface area contributed by atoms with E-state index in [9.17, 15) is 4.79 Å². The molecule has 0 aliphatic heterocycles. The number of rotatable bonds is 5. The van der Waals surface area contributed by atoms with Crippen LogP contribution in [-0.2, 0) is 4.79 Å². The lowest BCUT2D eigenvalue weighted by Gasteiger charge is -2.24. The molecule has 0 heterocycles. The maximum atomic E-state index is 11.5. The van der Waals surface area contributed by atoms with Gasteiger partial charge in [0.1, 0.15) is 0 Å². The second kappa shape index (κ2) is 4.61. The maximum Gasteiger partial charge on any atom is 0.222 e. The molecule has 0 radical (unpaired) electrons. The molecule has 1 atom stereocenters. The van der Waals surface area contributed by atoms with Crippen molar-refractivity contribution in [2.45, 2.75) is 38.6 Å². The Bertz CT molecular complexity index is 178. The van der Waals surface area contributed by atoms with E-state index in [1.54, 1.807) is 0 Å². The summed E-state index contributed by atoms with van der Waals surface area (Å²) in [5.41, 5.74) is 0. The number of aliphatic hydroxyl groups is 1. The van der Waals surface area contributed by atoms with Gasteiger partial charge in [-0.1, -0.05) is 0 Å². The first-order chi connectivity index (χ1) is 6.16. The van der Waals surface area contributed by atoms with Crippen molar-refractivity contribution in [2.24, 2.45) is 5.92 Å². The summed E-state index contributed by atoms with van der Waals surface area (Å²) in [5, 5.41) is 8.59. The van der Waals surface area contributed by atoms with Gasteiger partial charge in [-0.05, 0) is 32.1 Å². The molecular formula is C10H19NO2. The standard InChI is InChI=1S/C10H19NO2/c1-8(9-5-6-9)11(2)10(13)4-3-7-12/h8-9,12H,3-7H2,1-2H3. The van der Waals surface area contributed by atoms with Gasteiger partial charge in [-0.3, -0.25) is 4.79 Å². The fourth-order valence-corrected chi connectivity index (χ4v) is 1.53. The van der Waals surface area contributed by atoms with Gasteiger partial charge in [0, 0.05) is 26.1 Å². The van der Waals surface area contributed by atoms with E-state index in [0.717, 1.165) is 5.92 Å². The predicted molar refractivity (Wildman–Crippen MR) is 51.3 cm³/mol. The lowest BCUT2D eigenvalue weighted by Crippen LogP contribution is -2.36. The topological polar surface area (TPSA) is 40.5 Å². The van der Waals surface area contributed by atoms with Crippen LogP contribution in [-0.4, -0.2) is 35.6 Å². The largest absolute Gasteiger partial charge is 0.396 e. The Kier molecular flexibility index (Phi) is 3.72. The van der Waals surface area contributed by atoms with Crippen molar-refractivity contribution in [1.82, 2.24) is 4.90 Å². The monoisotopic (exact) mass is 185 g/mol. The highest BCUT2D eigenvalue weighted by atomic mass is 16.3. The maximum absolute atomic E-state index is 11.5. The molecule has 1 aliphatic rings. The number of carbonyl (C=O) groups excluding carboxylic acids is 1. The molecule has 0 saturated heterocycles. The summed E-state index contributed by atoms with van der Waals surface area (Å²) in [6.45, 7) is 2.21. The number of nitrogens with zero attached hydrogens (tertiary/aromatic N) is 1. The first-order valence-corrected chi connectivity index (χ1v) is 5.03. The van der Waals surface area contributed by atoms with Crippen molar-refractivity contribution in [3.8, 4) is 0 Å². The van der Waals surface area contributed by atoms with Gasteiger partial charge in [0.05, 0.1) is 0 Å². The summed E-state index contributed by atoms with van der Waals surface area (Å²) in [6, 6.07) is 0.381. The molecule has 76 valence electrons. The molecule has 0 aromatic heterocycles. The van der Waals surface area contributed by atoms with E-state index in [2.05, 4.69) is 6.92 Å². The molecule has 13 heavy (non-hydrogen) atoms. The average Bonchev–Trinajstić information content (AvgIpc) is 2.94. The lowest BCUT2D eigenvalue weighted by atomic mass is 10.1. The van der Waals surface area contributed by atoms with Crippen LogP contribution in [0.25, 0.3) is 0 Å². The molecule has 1 amide bonds. The molecule has 3 heteroatoms. The van der Waals surface area contributed by atoms with E-state index < -0.39 is 0 Å². The number of hydrogen-bond donors (Lipinski definition) is 1. The van der Waals surface area contributed by atoms with Crippen molar-refractivity contribution < 1.29 is 9.90 Å². The minimum absolute atomic E-state index is 0.109. The van der Waals surface area contributed by atoms with Crippen LogP contribution in [0, 0.1) is 5.92 Å². The lowest BCUT2D eigenvalue weighted by molar-refractivity contribution is -0.132. The number of aliphatic hydroxyl groups excluding tert-OH is 1. The predicted octanol–water partition coefficient (Wildman–Crippen LogP) is 1.02. The van der Waals surface area contributed by atoms with Gasteiger partial charge in [0.15, 0.2) is 0 Å². The van der Waals surface area contributed by atoms with Crippen LogP contribution < -0.4 is 0 Å². The third-order valence-electron chi connectivity index (χ3n) is 2.86. The zero-order chi connectivity index (χ0) is 9.84. The minimum atomic E-state index is 0.109. The number of hydrogen-bond acceptors (Lipinski definition) is 2. The normalized spacial score (nSPS) is 18.4. The third kappa shape index (κ3) is 2.99. The molecule has 0 bridgehead atoms. The van der Waals surface area contributed by atoms with Crippen LogP contribution >= 0.6 is 0 Å². The number of amides is 1. The summed E-state index contributed by atoms with van der Waals surface area (Å²) >= 11 is 0. The molecule has 3 nitrogen and oxygen atoms in total.